The fraction of sp³-hybridized carbons (Fsp3) is 0.457. The molecule has 5 N–H and O–H groups in total. The SMILES string of the molecule is CO[C@H]1/C=C/O[C@@H](O)C2c3c(C)c(=O)c4c(O)c(c5oc6cc(Br)cc(SC)c6nc5c4c3C(=O)[C@@H]2C)NC(=O)/C(C)=C\C=C\[C@H](C)[C@H](O)[C@@H](C)[C@@H](O)[C@@H](C)[C@H](OC(C)=O)[C@@H]1C. The van der Waals surface area contributed by atoms with Crippen LogP contribution in [0.15, 0.2) is 66.9 Å². The van der Waals surface area contributed by atoms with E-state index in [4.69, 9.17) is 23.6 Å². The van der Waals surface area contributed by atoms with Gasteiger partial charge in [-0.2, -0.15) is 0 Å². The summed E-state index contributed by atoms with van der Waals surface area (Å²) in [6.07, 6.45) is 3.81. The number of carbonyl (C=O) groups excluding carboxylic acids is 3. The molecule has 0 saturated carbocycles. The lowest BCUT2D eigenvalue weighted by atomic mass is 9.78. The number of halogens is 1. The number of hydrogen-bond donors (Lipinski definition) is 5. The molecule has 11 atom stereocenters. The first kappa shape index (κ1) is 46.9. The molecule has 1 unspecified atom stereocenters. The van der Waals surface area contributed by atoms with Crippen molar-refractivity contribution in [2.24, 2.45) is 29.6 Å². The highest BCUT2D eigenvalue weighted by molar-refractivity contribution is 9.10. The summed E-state index contributed by atoms with van der Waals surface area (Å²) in [5.41, 5.74) is 0.251. The Morgan fingerprint density at radius 1 is 0.952 bits per heavy atom. The maximum Gasteiger partial charge on any atom is 0.302 e. The average Bonchev–Trinajstić information content (AvgIpc) is 3.50. The number of carbonyl (C=O) groups is 3. The van der Waals surface area contributed by atoms with Crippen molar-refractivity contribution in [1.29, 1.82) is 0 Å². The number of ketones is 1. The van der Waals surface area contributed by atoms with Crippen molar-refractivity contribution in [3.8, 4) is 5.75 Å². The number of esters is 1. The second-order valence-electron chi connectivity index (χ2n) is 16.5. The van der Waals surface area contributed by atoms with Crippen molar-refractivity contribution < 1.29 is 53.4 Å². The van der Waals surface area contributed by atoms with Crippen LogP contribution in [-0.4, -0.2) is 87.1 Å². The van der Waals surface area contributed by atoms with Gasteiger partial charge < -0.3 is 44.4 Å². The van der Waals surface area contributed by atoms with Gasteiger partial charge in [0.2, 0.25) is 6.29 Å². The molecule has 1 amide bonds. The molecule has 16 heteroatoms. The van der Waals surface area contributed by atoms with Gasteiger partial charge in [-0.15, -0.1) is 11.8 Å². The zero-order valence-electron chi connectivity index (χ0n) is 36.2. The van der Waals surface area contributed by atoms with E-state index in [-0.39, 0.29) is 55.4 Å². The Bertz CT molecular complexity index is 2600. The molecule has 2 aliphatic rings. The van der Waals surface area contributed by atoms with Crippen LogP contribution in [0.1, 0.15) is 75.9 Å². The van der Waals surface area contributed by atoms with Crippen molar-refractivity contribution in [3.05, 3.63) is 79.7 Å². The number of rotatable bonds is 3. The van der Waals surface area contributed by atoms with Crippen LogP contribution >= 0.6 is 27.7 Å². The van der Waals surface area contributed by atoms with Gasteiger partial charge in [-0.05, 0) is 43.9 Å². The number of aromatic nitrogens is 1. The number of phenolic OH excluding ortho intramolecular Hbond substituents is 1. The van der Waals surface area contributed by atoms with Crippen LogP contribution in [0.5, 0.6) is 5.75 Å². The molecule has 0 spiro atoms. The molecule has 0 fully saturated rings. The molecule has 1 aromatic heterocycles. The van der Waals surface area contributed by atoms with Crippen molar-refractivity contribution in [2.45, 2.75) is 96.9 Å². The highest BCUT2D eigenvalue weighted by Gasteiger charge is 2.46. The van der Waals surface area contributed by atoms with E-state index in [1.807, 2.05) is 12.3 Å². The van der Waals surface area contributed by atoms with E-state index in [1.54, 1.807) is 52.8 Å². The van der Waals surface area contributed by atoms with Crippen molar-refractivity contribution >= 4 is 84.0 Å². The van der Waals surface area contributed by atoms with Crippen LogP contribution in [0.2, 0.25) is 0 Å². The lowest BCUT2D eigenvalue weighted by Gasteiger charge is -2.38. The molecule has 0 saturated heterocycles. The van der Waals surface area contributed by atoms with Gasteiger partial charge in [0.1, 0.15) is 22.8 Å². The standard InChI is InChI=1S/C46H53BrN2O12S/c1-18-12-11-13-19(2)45(56)49-37-42(55)34-32(36-44(37)61-28-16-26(47)17-29(62-10)35(28)48-36)33-30(21(4)41(34)54)31(22(5)40(33)53)46(57)59-15-14-27(58-9)20(3)43(60-25(8)50)24(7)39(52)23(6)38(18)51/h11-18,20,22-24,27,31,38-39,43,46,51-52,55,57H,1-10H3,(H,49,56)/b12-11+,15-14+,19-13-/t18-,20+,22+,23+,24+,27-,31?,38-,39+,43+,46+/m0/s1. The number of Topliss-reactive ketones (excluding diaryl/α,β-unsaturated/α-hetero) is 1. The lowest BCUT2D eigenvalue weighted by molar-refractivity contribution is -0.160. The lowest BCUT2D eigenvalue weighted by Crippen LogP contribution is -2.46. The third-order valence-corrected chi connectivity index (χ3v) is 13.7. The molecule has 2 heterocycles. The fourth-order valence-electron chi connectivity index (χ4n) is 8.90. The number of amides is 1. The average molecular weight is 938 g/mol. The summed E-state index contributed by atoms with van der Waals surface area (Å²) in [6, 6.07) is 3.52. The molecular formula is C46H53BrN2O12S. The number of ether oxygens (including phenoxy) is 3. The maximum absolute atomic E-state index is 14.6. The predicted molar refractivity (Wildman–Crippen MR) is 240 cm³/mol. The van der Waals surface area contributed by atoms with Gasteiger partial charge in [-0.1, -0.05) is 68.8 Å². The van der Waals surface area contributed by atoms with E-state index < -0.39 is 95.1 Å². The first-order chi connectivity index (χ1) is 29.2. The summed E-state index contributed by atoms with van der Waals surface area (Å²) >= 11 is 4.90. The Labute approximate surface area is 371 Å². The zero-order chi connectivity index (χ0) is 45.6. The van der Waals surface area contributed by atoms with Crippen LogP contribution in [0.25, 0.3) is 33.0 Å². The van der Waals surface area contributed by atoms with Gasteiger partial charge in [-0.25, -0.2) is 4.98 Å². The highest BCUT2D eigenvalue weighted by Crippen LogP contribution is 2.50. The molecule has 14 nitrogen and oxygen atoms in total. The monoisotopic (exact) mass is 936 g/mol. The Morgan fingerprint density at radius 2 is 1.65 bits per heavy atom. The smallest absolute Gasteiger partial charge is 0.302 e. The summed E-state index contributed by atoms with van der Waals surface area (Å²) in [6.45, 7) is 12.8. The second-order valence-corrected chi connectivity index (χ2v) is 18.2. The van der Waals surface area contributed by atoms with Gasteiger partial charge in [-0.3, -0.25) is 19.2 Å². The summed E-state index contributed by atoms with van der Waals surface area (Å²) in [4.78, 5) is 61.0. The van der Waals surface area contributed by atoms with E-state index in [0.717, 1.165) is 0 Å². The van der Waals surface area contributed by atoms with E-state index in [2.05, 4.69) is 21.2 Å². The third-order valence-electron chi connectivity index (χ3n) is 12.5. The van der Waals surface area contributed by atoms with Crippen LogP contribution in [0.3, 0.4) is 0 Å². The Balaban J connectivity index is 1.62. The largest absolute Gasteiger partial charge is 0.505 e. The first-order valence-electron chi connectivity index (χ1n) is 20.4. The number of benzene rings is 3. The van der Waals surface area contributed by atoms with Gasteiger partial charge in [0.25, 0.3) is 5.91 Å². The number of nitrogens with zero attached hydrogens (tertiary/aromatic N) is 1. The number of methoxy groups -OCH3 is 1. The maximum atomic E-state index is 14.6. The second kappa shape index (κ2) is 18.6. The van der Waals surface area contributed by atoms with Crippen LogP contribution in [0, 0.1) is 36.5 Å². The Morgan fingerprint density at radius 3 is 2.29 bits per heavy atom. The highest BCUT2D eigenvalue weighted by atomic mass is 79.9. The number of hydrogen-bond acceptors (Lipinski definition) is 14. The predicted octanol–water partition coefficient (Wildman–Crippen LogP) is 7.43. The normalized spacial score (nSPS) is 30.8. The summed E-state index contributed by atoms with van der Waals surface area (Å²) in [7, 11) is 1.44. The number of phenols is 1. The van der Waals surface area contributed by atoms with E-state index >= 15 is 0 Å². The minimum Gasteiger partial charge on any atom is -0.505 e. The van der Waals surface area contributed by atoms with E-state index in [1.165, 1.54) is 58.1 Å². The Kier molecular flexibility index (Phi) is 14.1. The number of nitrogens with one attached hydrogen (secondary N) is 1. The number of allylic oxidation sites excluding steroid dienone is 2. The first-order valence-corrected chi connectivity index (χ1v) is 22.4. The molecule has 1 aliphatic carbocycles. The quantitative estimate of drug-likeness (QED) is 0.0445. The van der Waals surface area contributed by atoms with Gasteiger partial charge in [0.05, 0.1) is 35.9 Å². The molecule has 1 aliphatic heterocycles. The third kappa shape index (κ3) is 8.44. The van der Waals surface area contributed by atoms with Crippen molar-refractivity contribution in [2.75, 3.05) is 18.7 Å². The van der Waals surface area contributed by atoms with Crippen molar-refractivity contribution in [3.63, 3.8) is 0 Å². The summed E-state index contributed by atoms with van der Waals surface area (Å²) in [5, 5.41) is 49.2. The van der Waals surface area contributed by atoms with E-state index in [0.29, 0.717) is 14.9 Å². The molecule has 6 rings (SSSR count). The molecule has 3 bridgehead atoms. The number of aliphatic hydroxyl groups is 3. The minimum absolute atomic E-state index is 0.00685. The molecular weight excluding hydrogens is 884 g/mol. The molecule has 0 radical (unpaired) electrons. The van der Waals surface area contributed by atoms with Crippen LogP contribution < -0.4 is 10.7 Å². The molecule has 332 valence electrons. The number of aliphatic hydroxyl groups excluding tert-OH is 3. The number of aromatic hydroxyl groups is 1. The molecule has 62 heavy (non-hydrogen) atoms. The van der Waals surface area contributed by atoms with Gasteiger partial charge in [0.15, 0.2) is 28.1 Å². The fourth-order valence-corrected chi connectivity index (χ4v) is 10.1. The van der Waals surface area contributed by atoms with Gasteiger partial charge in [0, 0.05) is 75.1 Å². The number of fused-ring (bicyclic) bond motifs is 7. The van der Waals surface area contributed by atoms with Crippen LogP contribution in [0.4, 0.5) is 5.69 Å². The summed E-state index contributed by atoms with van der Waals surface area (Å²) in [5.74, 6) is -6.80. The molecule has 4 aromatic rings. The summed E-state index contributed by atoms with van der Waals surface area (Å²) < 4.78 is 24.5. The van der Waals surface area contributed by atoms with Crippen LogP contribution in [-0.2, 0) is 23.8 Å². The topological polar surface area (TPSA) is 215 Å². The van der Waals surface area contributed by atoms with E-state index in [9.17, 15) is 39.6 Å². The number of thioether (sulfide) groups is 1. The Hall–Kier alpha value is -4.58. The van der Waals surface area contributed by atoms with Gasteiger partial charge >= 0.3 is 5.97 Å². The minimum atomic E-state index is -1.67. The number of anilines is 1. The molecule has 3 aromatic carbocycles. The zero-order valence-corrected chi connectivity index (χ0v) is 38.6. The van der Waals surface area contributed by atoms with Crippen molar-refractivity contribution in [1.82, 2.24) is 4.98 Å².